The van der Waals surface area contributed by atoms with Crippen molar-refractivity contribution in [1.82, 2.24) is 9.80 Å². The molecule has 2 amide bonds. The van der Waals surface area contributed by atoms with Crippen LogP contribution in [0.25, 0.3) is 0 Å². The number of nitrogens with zero attached hydrogens (tertiary/aromatic N) is 2. The number of hydrogen-bond donors (Lipinski definition) is 0. The van der Waals surface area contributed by atoms with Crippen LogP contribution in [0.4, 0.5) is 0 Å². The lowest BCUT2D eigenvalue weighted by Crippen LogP contribution is -2.41. The number of amides is 2. The van der Waals surface area contributed by atoms with Gasteiger partial charge in [-0.2, -0.15) is 0 Å². The number of rotatable bonds is 5. The Bertz CT molecular complexity index is 734. The Morgan fingerprint density at radius 1 is 1.26 bits per heavy atom. The van der Waals surface area contributed by atoms with E-state index in [2.05, 4.69) is 0 Å². The minimum atomic E-state index is -0.0481. The van der Waals surface area contributed by atoms with Gasteiger partial charge in [-0.15, -0.1) is 0 Å². The zero-order valence-corrected chi connectivity index (χ0v) is 12.8. The monoisotopic (exact) mass is 310 g/mol. The molecule has 118 valence electrons. The van der Waals surface area contributed by atoms with Gasteiger partial charge in [0.05, 0.1) is 12.5 Å². The molecule has 1 fully saturated rings. The van der Waals surface area contributed by atoms with Crippen molar-refractivity contribution in [3.8, 4) is 0 Å². The molecule has 2 aliphatic rings. The van der Waals surface area contributed by atoms with Crippen molar-refractivity contribution in [2.75, 3.05) is 6.54 Å². The fourth-order valence-corrected chi connectivity index (χ4v) is 3.08. The van der Waals surface area contributed by atoms with Crippen molar-refractivity contribution in [2.45, 2.75) is 32.0 Å². The predicted molar refractivity (Wildman–Crippen MR) is 83.5 cm³/mol. The molecule has 4 rings (SSSR count). The minimum absolute atomic E-state index is 0.00913. The van der Waals surface area contributed by atoms with Gasteiger partial charge in [0.2, 0.25) is 5.91 Å². The summed E-state index contributed by atoms with van der Waals surface area (Å²) in [6, 6.07) is 9.73. The van der Waals surface area contributed by atoms with Crippen molar-refractivity contribution in [1.29, 1.82) is 0 Å². The fraction of sp³-hybridized carbons (Fsp3) is 0.333. The van der Waals surface area contributed by atoms with Crippen LogP contribution in [0.5, 0.6) is 0 Å². The van der Waals surface area contributed by atoms with Gasteiger partial charge in [-0.1, -0.05) is 18.2 Å². The van der Waals surface area contributed by atoms with Crippen LogP contribution in [0.15, 0.2) is 47.3 Å². The van der Waals surface area contributed by atoms with Gasteiger partial charge in [0.15, 0.2) is 0 Å². The molecule has 23 heavy (non-hydrogen) atoms. The first-order chi connectivity index (χ1) is 11.2. The summed E-state index contributed by atoms with van der Waals surface area (Å²) in [7, 11) is 0. The maximum absolute atomic E-state index is 12.7. The molecule has 2 heterocycles. The lowest BCUT2D eigenvalue weighted by atomic mass is 10.1. The molecule has 1 aromatic carbocycles. The molecule has 0 atom stereocenters. The van der Waals surface area contributed by atoms with E-state index in [-0.39, 0.29) is 18.4 Å². The number of benzene rings is 1. The van der Waals surface area contributed by atoms with E-state index in [0.29, 0.717) is 24.7 Å². The smallest absolute Gasteiger partial charge is 0.254 e. The maximum Gasteiger partial charge on any atom is 0.254 e. The molecule has 0 unspecified atom stereocenters. The first-order valence-corrected chi connectivity index (χ1v) is 7.90. The summed E-state index contributed by atoms with van der Waals surface area (Å²) >= 11 is 0. The number of carbonyl (C=O) groups excluding carboxylic acids is 2. The van der Waals surface area contributed by atoms with Gasteiger partial charge >= 0.3 is 0 Å². The third kappa shape index (κ3) is 2.74. The molecule has 0 radical (unpaired) electrons. The van der Waals surface area contributed by atoms with Crippen LogP contribution < -0.4 is 0 Å². The van der Waals surface area contributed by atoms with Crippen molar-refractivity contribution in [2.24, 2.45) is 0 Å². The molecule has 0 spiro atoms. The van der Waals surface area contributed by atoms with Crippen molar-refractivity contribution >= 4 is 11.8 Å². The van der Waals surface area contributed by atoms with Gasteiger partial charge in [-0.3, -0.25) is 9.59 Å². The summed E-state index contributed by atoms with van der Waals surface area (Å²) in [5.41, 5.74) is 2.70. The summed E-state index contributed by atoms with van der Waals surface area (Å²) < 4.78 is 5.09. The van der Waals surface area contributed by atoms with Gasteiger partial charge in [0, 0.05) is 30.3 Å². The zero-order valence-electron chi connectivity index (χ0n) is 12.8. The van der Waals surface area contributed by atoms with Crippen LogP contribution in [-0.4, -0.2) is 34.2 Å². The normalized spacial score (nSPS) is 16.5. The Hall–Kier alpha value is -2.56. The van der Waals surface area contributed by atoms with Crippen molar-refractivity contribution < 1.29 is 14.0 Å². The highest BCUT2D eigenvalue weighted by molar-refractivity contribution is 6.00. The molecule has 1 aliphatic heterocycles. The first-order valence-electron chi connectivity index (χ1n) is 7.90. The van der Waals surface area contributed by atoms with E-state index < -0.39 is 0 Å². The molecule has 1 aliphatic carbocycles. The van der Waals surface area contributed by atoms with Crippen LogP contribution in [0.1, 0.15) is 34.3 Å². The molecular formula is C18H18N2O3. The van der Waals surface area contributed by atoms with E-state index in [1.165, 1.54) is 0 Å². The lowest BCUT2D eigenvalue weighted by Gasteiger charge is -2.25. The highest BCUT2D eigenvalue weighted by Crippen LogP contribution is 2.29. The Morgan fingerprint density at radius 3 is 2.78 bits per heavy atom. The average Bonchev–Trinajstić information content (AvgIpc) is 3.17. The minimum Gasteiger partial charge on any atom is -0.472 e. The maximum atomic E-state index is 12.7. The van der Waals surface area contributed by atoms with Gasteiger partial charge in [0.1, 0.15) is 6.54 Å². The van der Waals surface area contributed by atoms with E-state index in [0.717, 1.165) is 24.0 Å². The van der Waals surface area contributed by atoms with Crippen LogP contribution in [0.3, 0.4) is 0 Å². The molecule has 1 aromatic heterocycles. The number of hydrogen-bond acceptors (Lipinski definition) is 3. The van der Waals surface area contributed by atoms with Crippen molar-refractivity contribution in [3.63, 3.8) is 0 Å². The molecular weight excluding hydrogens is 292 g/mol. The summed E-state index contributed by atoms with van der Waals surface area (Å²) in [5, 5.41) is 0. The predicted octanol–water partition coefficient (Wildman–Crippen LogP) is 2.43. The largest absolute Gasteiger partial charge is 0.472 e. The van der Waals surface area contributed by atoms with Crippen LogP contribution >= 0.6 is 0 Å². The molecule has 0 saturated heterocycles. The standard InChI is InChI=1S/C18H18N2O3/c21-17(20(15-5-6-15)9-13-7-8-23-12-13)11-19-10-14-3-1-2-4-16(14)18(19)22/h1-4,7-8,12,15H,5-6,9-11H2. The molecule has 2 aromatic rings. The second-order valence-corrected chi connectivity index (χ2v) is 6.20. The molecule has 5 heteroatoms. The molecule has 1 saturated carbocycles. The average molecular weight is 310 g/mol. The van der Waals surface area contributed by atoms with Gasteiger partial charge in [-0.05, 0) is 30.5 Å². The Labute approximate surface area is 134 Å². The quantitative estimate of drug-likeness (QED) is 0.852. The van der Waals surface area contributed by atoms with E-state index in [9.17, 15) is 9.59 Å². The van der Waals surface area contributed by atoms with Gasteiger partial charge < -0.3 is 14.2 Å². The van der Waals surface area contributed by atoms with E-state index >= 15 is 0 Å². The van der Waals surface area contributed by atoms with Crippen molar-refractivity contribution in [3.05, 3.63) is 59.5 Å². The van der Waals surface area contributed by atoms with E-state index in [1.807, 2.05) is 35.2 Å². The topological polar surface area (TPSA) is 53.8 Å². The fourth-order valence-electron chi connectivity index (χ4n) is 3.08. The second kappa shape index (κ2) is 5.57. The summed E-state index contributed by atoms with van der Waals surface area (Å²) in [6.45, 7) is 1.21. The molecule has 5 nitrogen and oxygen atoms in total. The Kier molecular flexibility index (Phi) is 3.41. The molecule has 0 bridgehead atoms. The van der Waals surface area contributed by atoms with E-state index in [1.54, 1.807) is 17.4 Å². The summed E-state index contributed by atoms with van der Waals surface area (Å²) in [5.74, 6) is -0.0390. The highest BCUT2D eigenvalue weighted by atomic mass is 16.3. The second-order valence-electron chi connectivity index (χ2n) is 6.20. The van der Waals surface area contributed by atoms with Gasteiger partial charge in [0.25, 0.3) is 5.91 Å². The van der Waals surface area contributed by atoms with Gasteiger partial charge in [-0.25, -0.2) is 0 Å². The number of fused-ring (bicyclic) bond motifs is 1. The lowest BCUT2D eigenvalue weighted by molar-refractivity contribution is -0.133. The van der Waals surface area contributed by atoms with Crippen LogP contribution in [0, 0.1) is 0 Å². The van der Waals surface area contributed by atoms with Crippen LogP contribution in [-0.2, 0) is 17.9 Å². The Morgan fingerprint density at radius 2 is 2.09 bits per heavy atom. The third-order valence-electron chi connectivity index (χ3n) is 4.46. The SMILES string of the molecule is O=C1c2ccccc2CN1CC(=O)N(Cc1ccoc1)C1CC1. The Balaban J connectivity index is 1.46. The summed E-state index contributed by atoms with van der Waals surface area (Å²) in [6.07, 6.45) is 5.36. The van der Waals surface area contributed by atoms with Crippen LogP contribution in [0.2, 0.25) is 0 Å². The highest BCUT2D eigenvalue weighted by Gasteiger charge is 2.35. The van der Waals surface area contributed by atoms with E-state index in [4.69, 9.17) is 4.42 Å². The zero-order chi connectivity index (χ0) is 15.8. The summed E-state index contributed by atoms with van der Waals surface area (Å²) in [4.78, 5) is 28.6. The first kappa shape index (κ1) is 14.1. The number of carbonyl (C=O) groups is 2. The third-order valence-corrected chi connectivity index (χ3v) is 4.46. The molecule has 0 N–H and O–H groups in total. The number of furan rings is 1.